The number of hydrogen-bond acceptors (Lipinski definition) is 3. The van der Waals surface area contributed by atoms with Crippen molar-refractivity contribution in [3.05, 3.63) is 12.5 Å². The summed E-state index contributed by atoms with van der Waals surface area (Å²) in [4.78, 5) is 0. The molecule has 1 rings (SSSR count). The largest absolute Gasteiger partial charge is 0.491 e. The van der Waals surface area contributed by atoms with Crippen LogP contribution in [-0.2, 0) is 0 Å². The van der Waals surface area contributed by atoms with Gasteiger partial charge in [-0.1, -0.05) is 0 Å². The van der Waals surface area contributed by atoms with E-state index in [1.807, 2.05) is 0 Å². The molecule has 3 nitrogen and oxygen atoms in total. The van der Waals surface area contributed by atoms with Gasteiger partial charge in [0.2, 0.25) is 0 Å². The monoisotopic (exact) mass is 113 g/mol. The van der Waals surface area contributed by atoms with Crippen molar-refractivity contribution in [1.29, 1.82) is 0 Å². The first-order valence-corrected chi connectivity index (χ1v) is 2.20. The summed E-state index contributed by atoms with van der Waals surface area (Å²) >= 11 is 0. The highest BCUT2D eigenvalue weighted by Crippen LogP contribution is 2.20. The van der Waals surface area contributed by atoms with Crippen LogP contribution in [0.25, 0.3) is 0 Å². The average Bonchev–Trinajstić information content (AvgIpc) is 2.14. The number of furan rings is 1. The Hall–Kier alpha value is -1.12. The van der Waals surface area contributed by atoms with E-state index in [9.17, 15) is 0 Å². The van der Waals surface area contributed by atoms with Gasteiger partial charge in [0.15, 0.2) is 5.75 Å². The van der Waals surface area contributed by atoms with Crippen molar-refractivity contribution in [2.45, 2.75) is 0 Å². The maximum atomic E-state index is 5.33. The third-order valence-electron chi connectivity index (χ3n) is 0.875. The minimum atomic E-state index is 0.535. The summed E-state index contributed by atoms with van der Waals surface area (Å²) in [5.41, 5.74) is 5.87. The molecule has 1 aromatic rings. The minimum absolute atomic E-state index is 0.535. The van der Waals surface area contributed by atoms with Gasteiger partial charge in [0.05, 0.1) is 7.11 Å². The molecule has 0 spiro atoms. The Morgan fingerprint density at radius 3 is 2.62 bits per heavy atom. The van der Waals surface area contributed by atoms with Crippen molar-refractivity contribution in [1.82, 2.24) is 0 Å². The smallest absolute Gasteiger partial charge is 0.179 e. The van der Waals surface area contributed by atoms with Gasteiger partial charge in [0.25, 0.3) is 0 Å². The summed E-state index contributed by atoms with van der Waals surface area (Å²) in [5, 5.41) is 0. The average molecular weight is 113 g/mol. The summed E-state index contributed by atoms with van der Waals surface area (Å²) < 4.78 is 9.45. The van der Waals surface area contributed by atoms with Crippen LogP contribution >= 0.6 is 0 Å². The molecule has 0 aliphatic carbocycles. The minimum Gasteiger partial charge on any atom is -0.491 e. The maximum absolute atomic E-state index is 5.33. The van der Waals surface area contributed by atoms with Crippen molar-refractivity contribution in [3.63, 3.8) is 0 Å². The fourth-order valence-electron chi connectivity index (χ4n) is 0.461. The predicted molar refractivity (Wildman–Crippen MR) is 29.7 cm³/mol. The predicted octanol–water partition coefficient (Wildman–Crippen LogP) is 0.870. The van der Waals surface area contributed by atoms with E-state index in [1.54, 1.807) is 7.11 Å². The second kappa shape index (κ2) is 1.78. The van der Waals surface area contributed by atoms with Crippen molar-refractivity contribution in [2.75, 3.05) is 12.8 Å². The van der Waals surface area contributed by atoms with E-state index < -0.39 is 0 Å². The Kier molecular flexibility index (Phi) is 1.12. The van der Waals surface area contributed by atoms with Crippen LogP contribution in [0.3, 0.4) is 0 Å². The Bertz CT molecular complexity index is 171. The SMILES string of the molecule is COc1cocc1N. The highest BCUT2D eigenvalue weighted by Gasteiger charge is 1.96. The first-order chi connectivity index (χ1) is 3.84. The normalized spacial score (nSPS) is 9.12. The first kappa shape index (κ1) is 5.03. The number of hydrogen-bond donors (Lipinski definition) is 1. The molecule has 0 aromatic carbocycles. The van der Waals surface area contributed by atoms with E-state index in [4.69, 9.17) is 10.5 Å². The zero-order chi connectivity index (χ0) is 5.98. The fraction of sp³-hybridized carbons (Fsp3) is 0.200. The van der Waals surface area contributed by atoms with E-state index in [-0.39, 0.29) is 0 Å². The van der Waals surface area contributed by atoms with E-state index in [2.05, 4.69) is 4.42 Å². The number of ether oxygens (including phenoxy) is 1. The van der Waals surface area contributed by atoms with Gasteiger partial charge in [0, 0.05) is 0 Å². The van der Waals surface area contributed by atoms with Crippen LogP contribution in [0, 0.1) is 0 Å². The van der Waals surface area contributed by atoms with Crippen LogP contribution in [0.5, 0.6) is 5.75 Å². The van der Waals surface area contributed by atoms with Crippen LogP contribution in [0.15, 0.2) is 16.9 Å². The van der Waals surface area contributed by atoms with Gasteiger partial charge in [-0.25, -0.2) is 0 Å². The van der Waals surface area contributed by atoms with E-state index in [0.717, 1.165) is 0 Å². The summed E-state index contributed by atoms with van der Waals surface area (Å²) in [6, 6.07) is 0. The summed E-state index contributed by atoms with van der Waals surface area (Å²) in [6.07, 6.45) is 2.88. The third kappa shape index (κ3) is 0.621. The number of nitrogen functional groups attached to an aromatic ring is 1. The molecule has 0 unspecified atom stereocenters. The summed E-state index contributed by atoms with van der Waals surface area (Å²) in [6.45, 7) is 0. The van der Waals surface area contributed by atoms with Crippen LogP contribution in [0.2, 0.25) is 0 Å². The Labute approximate surface area is 47.0 Å². The molecule has 0 atom stereocenters. The third-order valence-corrected chi connectivity index (χ3v) is 0.875. The molecular formula is C5H7NO2. The van der Waals surface area contributed by atoms with Crippen LogP contribution in [-0.4, -0.2) is 7.11 Å². The number of methoxy groups -OCH3 is 1. The standard InChI is InChI=1S/C5H7NO2/c1-7-5-3-8-2-4(5)6/h2-3H,6H2,1H3. The van der Waals surface area contributed by atoms with Crippen molar-refractivity contribution in [3.8, 4) is 5.75 Å². The molecular weight excluding hydrogens is 106 g/mol. The van der Waals surface area contributed by atoms with Gasteiger partial charge in [-0.05, 0) is 0 Å². The second-order valence-corrected chi connectivity index (χ2v) is 1.40. The molecule has 0 amide bonds. The lowest BCUT2D eigenvalue weighted by Crippen LogP contribution is -1.85. The lowest BCUT2D eigenvalue weighted by Gasteiger charge is -1.90. The molecule has 0 bridgehead atoms. The number of nitrogens with two attached hydrogens (primary N) is 1. The fourth-order valence-corrected chi connectivity index (χ4v) is 0.461. The van der Waals surface area contributed by atoms with Crippen molar-refractivity contribution < 1.29 is 9.15 Å². The van der Waals surface area contributed by atoms with E-state index >= 15 is 0 Å². The molecule has 3 heteroatoms. The molecule has 0 fully saturated rings. The highest BCUT2D eigenvalue weighted by molar-refractivity contribution is 5.48. The lowest BCUT2D eigenvalue weighted by molar-refractivity contribution is 0.407. The molecule has 8 heavy (non-hydrogen) atoms. The lowest BCUT2D eigenvalue weighted by atomic mass is 10.5. The van der Waals surface area contributed by atoms with Gasteiger partial charge in [0.1, 0.15) is 18.2 Å². The Morgan fingerprint density at radius 1 is 1.62 bits per heavy atom. The summed E-state index contributed by atoms with van der Waals surface area (Å²) in [7, 11) is 1.54. The van der Waals surface area contributed by atoms with Gasteiger partial charge < -0.3 is 14.9 Å². The molecule has 44 valence electrons. The topological polar surface area (TPSA) is 48.4 Å². The Balaban J connectivity index is 2.92. The molecule has 0 saturated carbocycles. The second-order valence-electron chi connectivity index (χ2n) is 1.40. The zero-order valence-electron chi connectivity index (χ0n) is 4.55. The summed E-state index contributed by atoms with van der Waals surface area (Å²) in [5.74, 6) is 0.588. The van der Waals surface area contributed by atoms with E-state index in [0.29, 0.717) is 11.4 Å². The van der Waals surface area contributed by atoms with Crippen molar-refractivity contribution >= 4 is 5.69 Å². The molecule has 0 radical (unpaired) electrons. The molecule has 0 aliphatic heterocycles. The van der Waals surface area contributed by atoms with Crippen LogP contribution in [0.1, 0.15) is 0 Å². The Morgan fingerprint density at radius 2 is 2.38 bits per heavy atom. The van der Waals surface area contributed by atoms with Gasteiger partial charge in [-0.15, -0.1) is 0 Å². The first-order valence-electron chi connectivity index (χ1n) is 2.20. The number of rotatable bonds is 1. The van der Waals surface area contributed by atoms with Crippen LogP contribution in [0.4, 0.5) is 5.69 Å². The van der Waals surface area contributed by atoms with Crippen LogP contribution < -0.4 is 10.5 Å². The zero-order valence-corrected chi connectivity index (χ0v) is 4.55. The molecule has 0 saturated heterocycles. The van der Waals surface area contributed by atoms with Gasteiger partial charge in [-0.3, -0.25) is 0 Å². The molecule has 1 aromatic heterocycles. The highest BCUT2D eigenvalue weighted by atomic mass is 16.5. The number of anilines is 1. The molecule has 0 aliphatic rings. The molecule has 1 heterocycles. The van der Waals surface area contributed by atoms with Crippen molar-refractivity contribution in [2.24, 2.45) is 0 Å². The molecule has 2 N–H and O–H groups in total. The van der Waals surface area contributed by atoms with E-state index in [1.165, 1.54) is 12.5 Å². The quantitative estimate of drug-likeness (QED) is 0.587. The maximum Gasteiger partial charge on any atom is 0.179 e. The van der Waals surface area contributed by atoms with Gasteiger partial charge in [-0.2, -0.15) is 0 Å². The van der Waals surface area contributed by atoms with Gasteiger partial charge >= 0.3 is 0 Å².